The van der Waals surface area contributed by atoms with Gasteiger partial charge in [0.1, 0.15) is 0 Å². The van der Waals surface area contributed by atoms with Gasteiger partial charge in [-0.3, -0.25) is 4.79 Å². The first kappa shape index (κ1) is 25.1. The summed E-state index contributed by atoms with van der Waals surface area (Å²) in [6.45, 7) is 1.08. The van der Waals surface area contributed by atoms with Crippen molar-refractivity contribution in [2.24, 2.45) is 21.7 Å². The van der Waals surface area contributed by atoms with Crippen molar-refractivity contribution in [1.29, 1.82) is 0 Å². The highest BCUT2D eigenvalue weighted by Crippen LogP contribution is 2.22. The molecule has 26 heavy (non-hydrogen) atoms. The van der Waals surface area contributed by atoms with E-state index in [9.17, 15) is 9.59 Å². The Morgan fingerprint density at radius 2 is 1.38 bits per heavy atom. The Kier molecular flexibility index (Phi) is 13.8. The van der Waals surface area contributed by atoms with Crippen LogP contribution in [-0.2, 0) is 14.4 Å². The quantitative estimate of drug-likeness (QED) is 0.214. The number of carboxylic acid groups (broad SMARTS) is 3. The monoisotopic (exact) mass is 406 g/mol. The van der Waals surface area contributed by atoms with E-state index >= 15 is 0 Å². The highest BCUT2D eigenvalue weighted by atomic mass is 35.5. The number of hydrogen-bond acceptors (Lipinski definition) is 5. The van der Waals surface area contributed by atoms with E-state index in [1.807, 2.05) is 0 Å². The molecule has 0 bridgehead atoms. The minimum Gasteiger partial charge on any atom is -0.481 e. The molecule has 142 valence electrons. The summed E-state index contributed by atoms with van der Waals surface area (Å²) in [5, 5.41) is 31.1. The van der Waals surface area contributed by atoms with Crippen LogP contribution in [0.4, 0.5) is 0 Å². The first-order valence-electron chi connectivity index (χ1n) is 6.36. The molecule has 0 fully saturated rings. The van der Waals surface area contributed by atoms with Gasteiger partial charge < -0.3 is 26.8 Å². The van der Waals surface area contributed by atoms with E-state index in [0.717, 1.165) is 6.92 Å². The molecule has 0 aliphatic rings. The zero-order valence-electron chi connectivity index (χ0n) is 13.3. The Bertz CT molecular complexity index is 675. The molecular weight excluding hydrogens is 391 g/mol. The van der Waals surface area contributed by atoms with Crippen LogP contribution >= 0.6 is 23.2 Å². The number of nitrogens with zero attached hydrogens (tertiary/aromatic N) is 2. The third kappa shape index (κ3) is 17.2. The molecule has 0 aromatic heterocycles. The molecule has 1 aromatic carbocycles. The van der Waals surface area contributed by atoms with Gasteiger partial charge in [-0.25, -0.2) is 9.59 Å². The van der Waals surface area contributed by atoms with Gasteiger partial charge in [-0.15, -0.1) is 5.10 Å². The third-order valence-electron chi connectivity index (χ3n) is 1.73. The lowest BCUT2D eigenvalue weighted by Gasteiger charge is -1.98. The van der Waals surface area contributed by atoms with Gasteiger partial charge >= 0.3 is 11.9 Å². The molecule has 0 unspecified atom stereocenters. The fourth-order valence-electron chi connectivity index (χ4n) is 0.930. The van der Waals surface area contributed by atoms with Crippen molar-refractivity contribution in [3.8, 4) is 0 Å². The highest BCUT2D eigenvalue weighted by molar-refractivity contribution is 6.38. The summed E-state index contributed by atoms with van der Waals surface area (Å²) in [6, 6.07) is 5.14. The largest absolute Gasteiger partial charge is 0.481 e. The normalized spacial score (nSPS) is 9.50. The van der Waals surface area contributed by atoms with E-state index in [1.165, 1.54) is 6.21 Å². The van der Waals surface area contributed by atoms with Crippen LogP contribution in [0.15, 0.2) is 40.6 Å². The van der Waals surface area contributed by atoms with Crippen LogP contribution < -0.4 is 11.5 Å². The van der Waals surface area contributed by atoms with Crippen molar-refractivity contribution in [2.45, 2.75) is 6.92 Å². The van der Waals surface area contributed by atoms with Gasteiger partial charge in [0, 0.05) is 24.6 Å². The van der Waals surface area contributed by atoms with Crippen LogP contribution in [-0.4, -0.2) is 45.4 Å². The number of benzene rings is 1. The third-order valence-corrected chi connectivity index (χ3v) is 2.39. The molecule has 0 saturated heterocycles. The Balaban J connectivity index is 0. The summed E-state index contributed by atoms with van der Waals surface area (Å²) in [5.41, 5.74) is 10.7. The second kappa shape index (κ2) is 14.3. The average Bonchev–Trinajstić information content (AvgIpc) is 2.48. The lowest BCUT2D eigenvalue weighted by atomic mass is 10.2. The van der Waals surface area contributed by atoms with E-state index in [0.29, 0.717) is 27.8 Å². The number of nitrogens with two attached hydrogens (primary N) is 2. The molecule has 1 rings (SSSR count). The Morgan fingerprint density at radius 3 is 1.69 bits per heavy atom. The molecule has 0 aliphatic heterocycles. The molecule has 0 spiro atoms. The van der Waals surface area contributed by atoms with Gasteiger partial charge in [0.2, 0.25) is 5.96 Å². The van der Waals surface area contributed by atoms with Crippen molar-refractivity contribution in [1.82, 2.24) is 0 Å². The van der Waals surface area contributed by atoms with Gasteiger partial charge in [0.15, 0.2) is 0 Å². The minimum absolute atomic E-state index is 0.121. The summed E-state index contributed by atoms with van der Waals surface area (Å²) in [7, 11) is 0. The van der Waals surface area contributed by atoms with Crippen LogP contribution in [0.1, 0.15) is 12.5 Å². The number of guanidine groups is 1. The number of halogens is 2. The molecule has 0 radical (unpaired) electrons. The Morgan fingerprint density at radius 1 is 1.00 bits per heavy atom. The summed E-state index contributed by atoms with van der Waals surface area (Å²) in [4.78, 5) is 28.1. The van der Waals surface area contributed by atoms with Crippen LogP contribution in [0.2, 0.25) is 10.0 Å². The molecule has 12 heteroatoms. The maximum absolute atomic E-state index is 9.55. The van der Waals surface area contributed by atoms with Crippen LogP contribution in [0, 0.1) is 0 Å². The predicted molar refractivity (Wildman–Crippen MR) is 97.6 cm³/mol. The summed E-state index contributed by atoms with van der Waals surface area (Å²) < 4.78 is 0. The molecule has 0 aliphatic carbocycles. The Hall–Kier alpha value is -3.11. The van der Waals surface area contributed by atoms with Crippen LogP contribution in [0.25, 0.3) is 0 Å². The maximum Gasteiger partial charge on any atom is 0.328 e. The van der Waals surface area contributed by atoms with Gasteiger partial charge in [0.25, 0.3) is 5.97 Å². The van der Waals surface area contributed by atoms with Crippen LogP contribution in [0.3, 0.4) is 0 Å². The van der Waals surface area contributed by atoms with Crippen molar-refractivity contribution in [2.75, 3.05) is 0 Å². The summed E-state index contributed by atoms with van der Waals surface area (Å²) in [6.07, 6.45) is 2.51. The number of carboxylic acids is 3. The number of rotatable bonds is 4. The lowest BCUT2D eigenvalue weighted by molar-refractivity contribution is -0.134. The fraction of sp³-hybridized carbons (Fsp3) is 0.0714. The molecule has 7 N–H and O–H groups in total. The summed E-state index contributed by atoms with van der Waals surface area (Å²) >= 11 is 11.7. The molecule has 1 aromatic rings. The molecule has 0 saturated carbocycles. The first-order chi connectivity index (χ1) is 12.0. The molecule has 0 atom stereocenters. The summed E-state index contributed by atoms with van der Waals surface area (Å²) in [5.74, 6) is -3.47. The predicted octanol–water partition coefficient (Wildman–Crippen LogP) is 1.40. The Labute approximate surface area is 158 Å². The topological polar surface area (TPSA) is 189 Å². The molecular formula is C14H16Cl2N4O6. The zero-order chi connectivity index (χ0) is 20.7. The first-order valence-corrected chi connectivity index (χ1v) is 7.12. The van der Waals surface area contributed by atoms with E-state index in [4.69, 9.17) is 54.8 Å². The maximum atomic E-state index is 9.55. The van der Waals surface area contributed by atoms with Gasteiger partial charge in [0.05, 0.1) is 16.3 Å². The zero-order valence-corrected chi connectivity index (χ0v) is 14.8. The van der Waals surface area contributed by atoms with Gasteiger partial charge in [-0.1, -0.05) is 29.3 Å². The van der Waals surface area contributed by atoms with E-state index in [-0.39, 0.29) is 5.96 Å². The molecule has 0 heterocycles. The second-order valence-electron chi connectivity index (χ2n) is 3.93. The van der Waals surface area contributed by atoms with E-state index in [1.54, 1.807) is 18.2 Å². The molecule has 10 nitrogen and oxygen atoms in total. The molecule has 0 amide bonds. The van der Waals surface area contributed by atoms with Crippen molar-refractivity contribution >= 4 is 53.3 Å². The van der Waals surface area contributed by atoms with Gasteiger partial charge in [-0.05, 0) is 12.1 Å². The SMILES string of the molecule is CC(=O)O.NC(N)=N/N=C/c1c(Cl)cccc1Cl.O=C(O)/C=C/C(=O)O. The highest BCUT2D eigenvalue weighted by Gasteiger charge is 2.01. The number of carbonyl (C=O) groups is 3. The smallest absolute Gasteiger partial charge is 0.328 e. The van der Waals surface area contributed by atoms with E-state index in [2.05, 4.69) is 10.2 Å². The minimum atomic E-state index is -1.26. The van der Waals surface area contributed by atoms with Crippen LogP contribution in [0.5, 0.6) is 0 Å². The van der Waals surface area contributed by atoms with Crippen molar-refractivity contribution in [3.63, 3.8) is 0 Å². The fourth-order valence-corrected chi connectivity index (χ4v) is 1.42. The average molecular weight is 407 g/mol. The van der Waals surface area contributed by atoms with Gasteiger partial charge in [-0.2, -0.15) is 5.10 Å². The van der Waals surface area contributed by atoms with Crippen molar-refractivity contribution < 1.29 is 29.7 Å². The second-order valence-corrected chi connectivity index (χ2v) is 4.75. The number of hydrogen-bond donors (Lipinski definition) is 5. The van der Waals surface area contributed by atoms with E-state index < -0.39 is 17.9 Å². The standard InChI is InChI=1S/C8H8Cl2N4.C4H4O4.C2H4O2/c9-6-2-1-3-7(10)5(6)4-13-14-8(11)12;5-3(6)1-2-4(7)8;1-2(3)4/h1-4H,(H4,11,12,14);1-2H,(H,5,6)(H,7,8);1H3,(H,3,4)/b13-4+;2-1+;. The number of aliphatic carboxylic acids is 3. The lowest BCUT2D eigenvalue weighted by Crippen LogP contribution is -2.21. The van der Waals surface area contributed by atoms with Crippen molar-refractivity contribution in [3.05, 3.63) is 46.0 Å².